The standard InChI is InChI=1S/C18H24N4O3/c19-16(23)13(7-10-1-2-10)21-17(24)14-8-20-15(12-5-6-12)18(22-14)25-9-11-3-4-11/h8,10-13H,1-7,9H2,(H2,19,23)(H,21,24). The Morgan fingerprint density at radius 1 is 1.20 bits per heavy atom. The highest BCUT2D eigenvalue weighted by Gasteiger charge is 2.32. The monoisotopic (exact) mass is 344 g/mol. The average Bonchev–Trinajstić information content (AvgIpc) is 3.46. The summed E-state index contributed by atoms with van der Waals surface area (Å²) in [5, 5.41) is 2.70. The molecule has 134 valence electrons. The van der Waals surface area contributed by atoms with E-state index in [1.54, 1.807) is 0 Å². The zero-order valence-corrected chi connectivity index (χ0v) is 14.2. The van der Waals surface area contributed by atoms with Crippen LogP contribution in [0.4, 0.5) is 0 Å². The Bertz CT molecular complexity index is 681. The van der Waals surface area contributed by atoms with Gasteiger partial charge in [-0.15, -0.1) is 0 Å². The fourth-order valence-corrected chi connectivity index (χ4v) is 2.88. The topological polar surface area (TPSA) is 107 Å². The van der Waals surface area contributed by atoms with Crippen molar-refractivity contribution in [3.63, 3.8) is 0 Å². The fraction of sp³-hybridized carbons (Fsp3) is 0.667. The van der Waals surface area contributed by atoms with E-state index < -0.39 is 17.9 Å². The van der Waals surface area contributed by atoms with Crippen molar-refractivity contribution < 1.29 is 14.3 Å². The third-order valence-corrected chi connectivity index (χ3v) is 5.03. The summed E-state index contributed by atoms with van der Waals surface area (Å²) in [6, 6.07) is -0.652. The van der Waals surface area contributed by atoms with Crippen molar-refractivity contribution in [2.24, 2.45) is 17.6 Å². The second kappa shape index (κ2) is 6.61. The molecule has 3 fully saturated rings. The van der Waals surface area contributed by atoms with E-state index in [1.807, 2.05) is 0 Å². The molecule has 0 aromatic carbocycles. The molecule has 3 saturated carbocycles. The normalized spacial score (nSPS) is 20.8. The molecule has 3 N–H and O–H groups in total. The summed E-state index contributed by atoms with van der Waals surface area (Å²) < 4.78 is 5.83. The lowest BCUT2D eigenvalue weighted by Gasteiger charge is -2.15. The molecule has 0 radical (unpaired) electrons. The third kappa shape index (κ3) is 4.27. The molecule has 2 amide bonds. The van der Waals surface area contributed by atoms with Gasteiger partial charge in [0.05, 0.1) is 12.8 Å². The zero-order chi connectivity index (χ0) is 17.4. The van der Waals surface area contributed by atoms with Gasteiger partial charge < -0.3 is 15.8 Å². The second-order valence-corrected chi connectivity index (χ2v) is 7.58. The Labute approximate surface area is 146 Å². The molecule has 1 aromatic heterocycles. The zero-order valence-electron chi connectivity index (χ0n) is 14.2. The number of nitrogens with two attached hydrogens (primary N) is 1. The first-order valence-corrected chi connectivity index (χ1v) is 9.20. The van der Waals surface area contributed by atoms with E-state index in [2.05, 4.69) is 15.3 Å². The van der Waals surface area contributed by atoms with Crippen LogP contribution in [0.2, 0.25) is 0 Å². The van der Waals surface area contributed by atoms with Gasteiger partial charge in [-0.05, 0) is 43.9 Å². The Morgan fingerprint density at radius 2 is 1.92 bits per heavy atom. The number of rotatable bonds is 9. The van der Waals surface area contributed by atoms with Crippen molar-refractivity contribution >= 4 is 11.8 Å². The molecule has 0 saturated heterocycles. The Kier molecular flexibility index (Phi) is 4.31. The summed E-state index contributed by atoms with van der Waals surface area (Å²) in [6.45, 7) is 0.630. The van der Waals surface area contributed by atoms with Crippen LogP contribution >= 0.6 is 0 Å². The maximum absolute atomic E-state index is 12.5. The maximum atomic E-state index is 12.5. The predicted molar refractivity (Wildman–Crippen MR) is 90.0 cm³/mol. The minimum atomic E-state index is -0.652. The number of amides is 2. The van der Waals surface area contributed by atoms with Crippen LogP contribution < -0.4 is 15.8 Å². The number of carbonyl (C=O) groups excluding carboxylic acids is 2. The van der Waals surface area contributed by atoms with Gasteiger partial charge in [0.1, 0.15) is 17.4 Å². The Hall–Kier alpha value is -2.18. The van der Waals surface area contributed by atoms with Crippen molar-refractivity contribution in [2.45, 2.75) is 56.9 Å². The van der Waals surface area contributed by atoms with E-state index in [-0.39, 0.29) is 5.69 Å². The molecule has 25 heavy (non-hydrogen) atoms. The third-order valence-electron chi connectivity index (χ3n) is 5.03. The molecule has 3 aliphatic carbocycles. The lowest BCUT2D eigenvalue weighted by molar-refractivity contribution is -0.120. The van der Waals surface area contributed by atoms with Gasteiger partial charge in [-0.2, -0.15) is 0 Å². The lowest BCUT2D eigenvalue weighted by Crippen LogP contribution is -2.45. The van der Waals surface area contributed by atoms with Crippen molar-refractivity contribution in [2.75, 3.05) is 6.61 Å². The smallest absolute Gasteiger partial charge is 0.272 e. The van der Waals surface area contributed by atoms with Gasteiger partial charge in [-0.1, -0.05) is 12.8 Å². The lowest BCUT2D eigenvalue weighted by atomic mass is 10.1. The van der Waals surface area contributed by atoms with Crippen LogP contribution in [0, 0.1) is 11.8 Å². The van der Waals surface area contributed by atoms with Gasteiger partial charge in [0.25, 0.3) is 5.91 Å². The second-order valence-electron chi connectivity index (χ2n) is 7.58. The molecular formula is C18H24N4O3. The van der Waals surface area contributed by atoms with Gasteiger partial charge in [0.2, 0.25) is 11.8 Å². The van der Waals surface area contributed by atoms with E-state index in [4.69, 9.17) is 10.5 Å². The van der Waals surface area contributed by atoms with E-state index in [0.717, 1.165) is 31.4 Å². The molecule has 7 nitrogen and oxygen atoms in total. The molecule has 4 rings (SSSR count). The molecule has 0 spiro atoms. The highest BCUT2D eigenvalue weighted by Crippen LogP contribution is 2.43. The number of nitrogens with one attached hydrogen (secondary N) is 1. The van der Waals surface area contributed by atoms with Crippen LogP contribution in [-0.2, 0) is 4.79 Å². The minimum absolute atomic E-state index is 0.178. The SMILES string of the molecule is NC(=O)C(CC1CC1)NC(=O)c1cnc(C2CC2)c(OCC2CC2)n1. The van der Waals surface area contributed by atoms with Crippen molar-refractivity contribution in [1.29, 1.82) is 0 Å². The van der Waals surface area contributed by atoms with Gasteiger partial charge in [0.15, 0.2) is 0 Å². The van der Waals surface area contributed by atoms with Crippen molar-refractivity contribution in [3.05, 3.63) is 17.6 Å². The Balaban J connectivity index is 1.46. The largest absolute Gasteiger partial charge is 0.476 e. The first kappa shape index (κ1) is 16.3. The molecule has 3 aliphatic rings. The molecule has 1 heterocycles. The molecule has 1 unspecified atom stereocenters. The van der Waals surface area contributed by atoms with Gasteiger partial charge in [0, 0.05) is 5.92 Å². The summed E-state index contributed by atoms with van der Waals surface area (Å²) in [5.41, 5.74) is 6.44. The van der Waals surface area contributed by atoms with Crippen LogP contribution in [0.1, 0.15) is 67.0 Å². The first-order chi connectivity index (χ1) is 12.1. The van der Waals surface area contributed by atoms with Gasteiger partial charge in [-0.3, -0.25) is 14.6 Å². The van der Waals surface area contributed by atoms with E-state index in [0.29, 0.717) is 36.7 Å². The van der Waals surface area contributed by atoms with E-state index in [9.17, 15) is 9.59 Å². The summed E-state index contributed by atoms with van der Waals surface area (Å²) >= 11 is 0. The molecule has 1 aromatic rings. The van der Waals surface area contributed by atoms with Gasteiger partial charge in [-0.25, -0.2) is 4.98 Å². The molecule has 0 bridgehead atoms. The molecular weight excluding hydrogens is 320 g/mol. The number of carbonyl (C=O) groups is 2. The van der Waals surface area contributed by atoms with Crippen LogP contribution in [0.15, 0.2) is 6.20 Å². The van der Waals surface area contributed by atoms with Crippen molar-refractivity contribution in [3.8, 4) is 5.88 Å². The highest BCUT2D eigenvalue weighted by molar-refractivity contribution is 5.95. The molecule has 1 atom stereocenters. The van der Waals surface area contributed by atoms with E-state index >= 15 is 0 Å². The molecule has 0 aliphatic heterocycles. The number of aromatic nitrogens is 2. The van der Waals surface area contributed by atoms with E-state index in [1.165, 1.54) is 19.0 Å². The quantitative estimate of drug-likeness (QED) is 0.706. The molecule has 7 heteroatoms. The summed E-state index contributed by atoms with van der Waals surface area (Å²) in [5.74, 6) is 1.03. The summed E-state index contributed by atoms with van der Waals surface area (Å²) in [7, 11) is 0. The average molecular weight is 344 g/mol. The number of hydrogen-bond acceptors (Lipinski definition) is 5. The van der Waals surface area contributed by atoms with Crippen LogP contribution in [-0.4, -0.2) is 34.4 Å². The van der Waals surface area contributed by atoms with Crippen LogP contribution in [0.25, 0.3) is 0 Å². The van der Waals surface area contributed by atoms with Crippen LogP contribution in [0.3, 0.4) is 0 Å². The fourth-order valence-electron chi connectivity index (χ4n) is 2.88. The number of ether oxygens (including phenoxy) is 1. The number of nitrogens with zero attached hydrogens (tertiary/aromatic N) is 2. The summed E-state index contributed by atoms with van der Waals surface area (Å²) in [4.78, 5) is 32.9. The van der Waals surface area contributed by atoms with Crippen molar-refractivity contribution in [1.82, 2.24) is 15.3 Å². The number of primary amides is 1. The Morgan fingerprint density at radius 3 is 2.52 bits per heavy atom. The summed E-state index contributed by atoms with van der Waals surface area (Å²) in [6.07, 6.45) is 8.81. The van der Waals surface area contributed by atoms with Gasteiger partial charge >= 0.3 is 0 Å². The first-order valence-electron chi connectivity index (χ1n) is 9.20. The van der Waals surface area contributed by atoms with Crippen LogP contribution in [0.5, 0.6) is 5.88 Å². The number of hydrogen-bond donors (Lipinski definition) is 2. The maximum Gasteiger partial charge on any atom is 0.272 e. The predicted octanol–water partition coefficient (Wildman–Crippen LogP) is 1.53. The minimum Gasteiger partial charge on any atom is -0.476 e. The highest BCUT2D eigenvalue weighted by atomic mass is 16.5.